The number of nitrogens with zero attached hydrogens (tertiary/aromatic N) is 2. The predicted octanol–water partition coefficient (Wildman–Crippen LogP) is 1.58. The number of halogens is 1. The number of hydroxylamine groups is 1. The second-order valence-electron chi connectivity index (χ2n) is 22.1. The number of allylic oxidation sites excluding steroid dienone is 3. The van der Waals surface area contributed by atoms with E-state index in [9.17, 15) is 53.1 Å². The predicted molar refractivity (Wildman–Crippen MR) is 321 cm³/mol. The summed E-state index contributed by atoms with van der Waals surface area (Å²) in [7, 11) is 5.62. The van der Waals surface area contributed by atoms with Gasteiger partial charge in [-0.1, -0.05) is 90.9 Å². The van der Waals surface area contributed by atoms with Gasteiger partial charge in [0.1, 0.15) is 60.5 Å². The number of alkyl carbamates (subject to hydrolysis) is 1. The van der Waals surface area contributed by atoms with Crippen molar-refractivity contribution in [1.29, 1.82) is 0 Å². The molecule has 7 rings (SSSR count). The minimum absolute atomic E-state index is 0.0127. The van der Waals surface area contributed by atoms with Crippen molar-refractivity contribution in [2.75, 3.05) is 92.4 Å². The number of aliphatic hydroxyl groups is 1. The number of fused-ring (bicyclic) bond motifs is 8. The SMILES string of the molecule is COc1cc2cc(c1Cl)N(C)C(=O)CC(OC(=O)C(C)N(C)C(=O)COCC(=O)NCC(=O)NCC(=O)NCC(=O)NCCNC(=O)CONC(=O)OCC1c3ccccc3-c3ccccc31)C1(C)OC1C(C)C1CC(O)(NC(=O)O1)C(OC)C=CC=C(C)C2. The second kappa shape index (κ2) is 31.2. The number of carbonyl (C=O) groups is 10. The average Bonchev–Trinajstić information content (AvgIpc) is 1.58. The van der Waals surface area contributed by atoms with Crippen LogP contribution in [0.5, 0.6) is 5.75 Å². The Balaban J connectivity index is 0.797. The van der Waals surface area contributed by atoms with Crippen molar-refractivity contribution in [2.45, 2.75) is 94.7 Å². The van der Waals surface area contributed by atoms with Gasteiger partial charge in [0.2, 0.25) is 41.4 Å². The molecule has 28 nitrogen and oxygen atoms in total. The van der Waals surface area contributed by atoms with Gasteiger partial charge < -0.3 is 74.6 Å². The lowest BCUT2D eigenvalue weighted by atomic mass is 9.83. The molecule has 3 heterocycles. The molecule has 486 valence electrons. The number of benzene rings is 3. The largest absolute Gasteiger partial charge is 0.495 e. The molecule has 3 aliphatic heterocycles. The van der Waals surface area contributed by atoms with Crippen molar-refractivity contribution in [3.8, 4) is 16.9 Å². The van der Waals surface area contributed by atoms with Crippen LogP contribution >= 0.6 is 11.6 Å². The Kier molecular flexibility index (Phi) is 23.8. The summed E-state index contributed by atoms with van der Waals surface area (Å²) >= 11 is 6.79. The molecule has 4 bridgehead atoms. The van der Waals surface area contributed by atoms with Crippen LogP contribution in [0.25, 0.3) is 11.1 Å². The topological polar surface area (TPSA) is 359 Å². The monoisotopic (exact) mass is 1270 g/mol. The Morgan fingerprint density at radius 1 is 0.856 bits per heavy atom. The van der Waals surface area contributed by atoms with E-state index in [1.54, 1.807) is 38.1 Å². The molecule has 0 saturated carbocycles. The number of likely N-dealkylation sites (N-methyl/N-ethyl adjacent to an activating group) is 1. The maximum Gasteiger partial charge on any atom is 0.431 e. The van der Waals surface area contributed by atoms with Gasteiger partial charge in [-0.05, 0) is 67.1 Å². The zero-order chi connectivity index (χ0) is 65.5. The highest BCUT2D eigenvalue weighted by atomic mass is 35.5. The molecule has 2 saturated heterocycles. The van der Waals surface area contributed by atoms with E-state index in [0.717, 1.165) is 38.3 Å². The quantitative estimate of drug-likeness (QED) is 0.0220. The smallest absolute Gasteiger partial charge is 0.431 e. The Bertz CT molecular complexity index is 3210. The summed E-state index contributed by atoms with van der Waals surface area (Å²) in [6.07, 6.45) is -0.972. The second-order valence-corrected chi connectivity index (χ2v) is 22.5. The highest BCUT2D eigenvalue weighted by Gasteiger charge is 2.64. The van der Waals surface area contributed by atoms with Gasteiger partial charge in [0, 0.05) is 52.6 Å². The summed E-state index contributed by atoms with van der Waals surface area (Å²) in [5, 5.41) is 26.3. The first-order chi connectivity index (χ1) is 42.9. The van der Waals surface area contributed by atoms with Crippen LogP contribution in [0.2, 0.25) is 5.02 Å². The van der Waals surface area contributed by atoms with Crippen LogP contribution in [0, 0.1) is 5.92 Å². The number of hydrogen-bond acceptors (Lipinski definition) is 19. The third-order valence-corrected chi connectivity index (χ3v) is 16.2. The van der Waals surface area contributed by atoms with Crippen LogP contribution in [0.1, 0.15) is 63.1 Å². The number of esters is 1. The highest BCUT2D eigenvalue weighted by molar-refractivity contribution is 6.35. The van der Waals surface area contributed by atoms with Gasteiger partial charge in [0.25, 0.3) is 0 Å². The molecule has 1 aliphatic carbocycles. The van der Waals surface area contributed by atoms with Crippen molar-refractivity contribution in [3.05, 3.63) is 106 Å². The van der Waals surface area contributed by atoms with Crippen LogP contribution in [0.15, 0.2) is 84.5 Å². The first kappa shape index (κ1) is 68.8. The minimum Gasteiger partial charge on any atom is -0.495 e. The molecule has 8 N–H and O–H groups in total. The number of hydrogen-bond donors (Lipinski definition) is 8. The maximum absolute atomic E-state index is 14.3. The molecular weight excluding hydrogens is 1200 g/mol. The molecule has 0 spiro atoms. The highest BCUT2D eigenvalue weighted by Crippen LogP contribution is 2.50. The number of nitrogens with one attached hydrogen (secondary N) is 7. The fraction of sp³-hybridized carbons (Fsp3) is 0.475. The summed E-state index contributed by atoms with van der Waals surface area (Å²) in [6, 6.07) is 17.9. The van der Waals surface area contributed by atoms with Crippen molar-refractivity contribution in [1.82, 2.24) is 42.3 Å². The number of methoxy groups -OCH3 is 2. The number of amides is 9. The van der Waals surface area contributed by atoms with E-state index in [0.29, 0.717) is 17.9 Å². The van der Waals surface area contributed by atoms with Crippen LogP contribution in [-0.2, 0) is 78.0 Å². The maximum atomic E-state index is 14.3. The summed E-state index contributed by atoms with van der Waals surface area (Å²) in [5.74, 6) is -6.29. The van der Waals surface area contributed by atoms with E-state index >= 15 is 0 Å². The molecule has 0 aromatic heterocycles. The van der Waals surface area contributed by atoms with Gasteiger partial charge in [-0.25, -0.2) is 14.4 Å². The molecule has 3 aromatic rings. The molecular formula is C61H76ClN9O19. The fourth-order valence-corrected chi connectivity index (χ4v) is 10.9. The van der Waals surface area contributed by atoms with E-state index in [1.165, 1.54) is 40.1 Å². The normalized spacial score (nSPS) is 22.3. The summed E-state index contributed by atoms with van der Waals surface area (Å²) in [5.41, 5.74) is 4.88. The van der Waals surface area contributed by atoms with Crippen LogP contribution < -0.4 is 47.0 Å². The Morgan fingerprint density at radius 3 is 2.09 bits per heavy atom. The summed E-state index contributed by atoms with van der Waals surface area (Å²) in [4.78, 5) is 136. The molecule has 4 aliphatic rings. The van der Waals surface area contributed by atoms with E-state index in [-0.39, 0.29) is 37.1 Å². The zero-order valence-electron chi connectivity index (χ0n) is 51.1. The first-order valence-electron chi connectivity index (χ1n) is 28.8. The number of ether oxygens (including phenoxy) is 7. The van der Waals surface area contributed by atoms with Crippen LogP contribution in [0.4, 0.5) is 15.3 Å². The Labute approximate surface area is 524 Å². The standard InChI is InChI=1S/C61H76ClN9O19/c1-34-14-13-19-46(84-8)61(82)26-45(88-58(80)68-61)35(2)56-60(4,90-56)47(25-53(77)71(6)43-23-37(22-34)24-44(83-7)55(43)62)89-57(79)36(3)70(5)54(78)33-85-31-51(75)67-29-50(74)66-28-49(73)65-27-48(72)63-20-21-64-52(76)32-87-69-59(81)86-30-42-40-17-11-9-15-38(40)39-16-10-12-18-41(39)42/h9-19,23-24,35-36,42,45-47,56,82H,20-22,25-33H2,1-8H3,(H,63,72)(H,64,76)(H,65,73)(H,66,74)(H,67,75)(H,68,80)(H,69,81). The van der Waals surface area contributed by atoms with Crippen molar-refractivity contribution >= 4 is 76.8 Å². The lowest BCUT2D eigenvalue weighted by Crippen LogP contribution is -2.63. The van der Waals surface area contributed by atoms with Gasteiger partial charge >= 0.3 is 18.2 Å². The first-order valence-corrected chi connectivity index (χ1v) is 29.2. The van der Waals surface area contributed by atoms with Crippen molar-refractivity contribution in [3.63, 3.8) is 0 Å². The molecule has 2 fully saturated rings. The Hall–Kier alpha value is -8.67. The third kappa shape index (κ3) is 17.8. The summed E-state index contributed by atoms with van der Waals surface area (Å²) < 4.78 is 39.9. The molecule has 0 radical (unpaired) electrons. The average molecular weight is 1270 g/mol. The number of anilines is 1. The van der Waals surface area contributed by atoms with Crippen LogP contribution in [-0.4, -0.2) is 199 Å². The van der Waals surface area contributed by atoms with Gasteiger partial charge in [-0.3, -0.25) is 43.7 Å². The number of epoxide rings is 1. The lowest BCUT2D eigenvalue weighted by molar-refractivity contribution is -0.163. The van der Waals surface area contributed by atoms with Gasteiger partial charge in [0.05, 0.1) is 45.0 Å². The summed E-state index contributed by atoms with van der Waals surface area (Å²) in [6.45, 7) is 3.11. The van der Waals surface area contributed by atoms with Gasteiger partial charge in [0.15, 0.2) is 12.3 Å². The number of carbonyl (C=O) groups excluding carboxylic acids is 10. The van der Waals surface area contributed by atoms with Gasteiger partial charge in [-0.15, -0.1) is 0 Å². The van der Waals surface area contributed by atoms with E-state index < -0.39 is 153 Å². The van der Waals surface area contributed by atoms with Crippen molar-refractivity contribution in [2.24, 2.45) is 5.92 Å². The van der Waals surface area contributed by atoms with Gasteiger partial charge in [-0.2, -0.15) is 5.48 Å². The zero-order valence-corrected chi connectivity index (χ0v) is 51.9. The Morgan fingerprint density at radius 2 is 1.46 bits per heavy atom. The minimum atomic E-state index is -1.92. The lowest BCUT2D eigenvalue weighted by Gasteiger charge is -2.42. The fourth-order valence-electron chi connectivity index (χ4n) is 10.6. The van der Waals surface area contributed by atoms with E-state index in [2.05, 4.69) is 37.4 Å². The van der Waals surface area contributed by atoms with E-state index in [1.807, 2.05) is 61.5 Å². The molecule has 3 aromatic carbocycles. The molecule has 8 atom stereocenters. The molecule has 9 amide bonds. The number of rotatable bonds is 23. The van der Waals surface area contributed by atoms with Crippen LogP contribution in [0.3, 0.4) is 0 Å². The molecule has 29 heteroatoms. The third-order valence-electron chi connectivity index (χ3n) is 15.8. The van der Waals surface area contributed by atoms with E-state index in [4.69, 9.17) is 49.6 Å². The molecule has 8 unspecified atom stereocenters. The molecule has 90 heavy (non-hydrogen) atoms. The van der Waals surface area contributed by atoms with Crippen molar-refractivity contribution < 1.29 is 91.0 Å².